The van der Waals surface area contributed by atoms with Gasteiger partial charge in [-0.15, -0.1) is 0 Å². The molecule has 0 bridgehead atoms. The summed E-state index contributed by atoms with van der Waals surface area (Å²) in [4.78, 5) is 12.7. The Morgan fingerprint density at radius 2 is 2.00 bits per heavy atom. The molecule has 1 rings (SSSR count). The van der Waals surface area contributed by atoms with E-state index in [9.17, 15) is 4.79 Å². The molecule has 0 saturated heterocycles. The highest BCUT2D eigenvalue weighted by Crippen LogP contribution is 2.02. The lowest BCUT2D eigenvalue weighted by atomic mass is 10.2. The average Bonchev–Trinajstić information content (AvgIpc) is 2.16. The first-order valence-electron chi connectivity index (χ1n) is 4.61. The number of benzene rings is 1. The normalized spacial score (nSPS) is 10.4. The topological polar surface area (TPSA) is 20.3 Å². The van der Waals surface area contributed by atoms with Gasteiger partial charge in [-0.1, -0.05) is 30.3 Å². The first kappa shape index (κ1) is 10.5. The molecule has 1 aromatic rings. The third-order valence-corrected chi connectivity index (χ3v) is 1.84. The second kappa shape index (κ2) is 5.22. The molecule has 1 aromatic carbocycles. The summed E-state index contributed by atoms with van der Waals surface area (Å²) in [6, 6.07) is 10.2. The lowest BCUT2D eigenvalue weighted by Crippen LogP contribution is -2.10. The molecule has 0 spiro atoms. The van der Waals surface area contributed by atoms with Gasteiger partial charge in [-0.2, -0.15) is 0 Å². The molecular weight excluding hydrogens is 174 g/mol. The van der Waals surface area contributed by atoms with Gasteiger partial charge in [-0.3, -0.25) is 4.79 Å². The lowest BCUT2D eigenvalue weighted by Gasteiger charge is -2.13. The number of hydrogen-bond donors (Lipinski definition) is 0. The van der Waals surface area contributed by atoms with Crippen molar-refractivity contribution < 1.29 is 4.79 Å². The fourth-order valence-electron chi connectivity index (χ4n) is 1.16. The second-order valence-corrected chi connectivity index (χ2v) is 3.33. The predicted octanol–water partition coefficient (Wildman–Crippen LogP) is 2.22. The van der Waals surface area contributed by atoms with Crippen LogP contribution in [0.15, 0.2) is 42.6 Å². The zero-order chi connectivity index (χ0) is 10.4. The van der Waals surface area contributed by atoms with Crippen LogP contribution in [0.2, 0.25) is 0 Å². The van der Waals surface area contributed by atoms with Crippen LogP contribution in [0, 0.1) is 0 Å². The highest BCUT2D eigenvalue weighted by atomic mass is 16.1. The molecule has 0 radical (unpaired) electrons. The van der Waals surface area contributed by atoms with E-state index in [-0.39, 0.29) is 5.78 Å². The standard InChI is InChI=1S/C12H15NO/c1-11(14)8-9-13(2)10-12-6-4-3-5-7-12/h3-9H,10H2,1-2H3. The summed E-state index contributed by atoms with van der Waals surface area (Å²) in [5, 5.41) is 0. The van der Waals surface area contributed by atoms with Crippen LogP contribution in [0.4, 0.5) is 0 Å². The van der Waals surface area contributed by atoms with Crippen molar-refractivity contribution in [2.24, 2.45) is 0 Å². The summed E-state index contributed by atoms with van der Waals surface area (Å²) in [5.41, 5.74) is 1.24. The molecule has 0 fully saturated rings. The van der Waals surface area contributed by atoms with E-state index < -0.39 is 0 Å². The van der Waals surface area contributed by atoms with E-state index in [0.29, 0.717) is 0 Å². The molecule has 74 valence electrons. The van der Waals surface area contributed by atoms with E-state index in [1.807, 2.05) is 30.1 Å². The first-order chi connectivity index (χ1) is 6.68. The van der Waals surface area contributed by atoms with E-state index in [4.69, 9.17) is 0 Å². The summed E-state index contributed by atoms with van der Waals surface area (Å²) in [6.45, 7) is 2.37. The molecule has 0 atom stereocenters. The fourth-order valence-corrected chi connectivity index (χ4v) is 1.16. The maximum Gasteiger partial charge on any atom is 0.154 e. The molecule has 0 aliphatic heterocycles. The first-order valence-corrected chi connectivity index (χ1v) is 4.61. The SMILES string of the molecule is CC(=O)C=CN(C)Cc1ccccc1. The monoisotopic (exact) mass is 189 g/mol. The third kappa shape index (κ3) is 3.90. The van der Waals surface area contributed by atoms with Gasteiger partial charge in [0.1, 0.15) is 0 Å². The Labute approximate surface area is 84.9 Å². The van der Waals surface area contributed by atoms with Gasteiger partial charge in [0.05, 0.1) is 0 Å². The summed E-state index contributed by atoms with van der Waals surface area (Å²) >= 11 is 0. The summed E-state index contributed by atoms with van der Waals surface area (Å²) in [7, 11) is 1.95. The Bertz CT molecular complexity index is 316. The van der Waals surface area contributed by atoms with Crippen LogP contribution in [0.1, 0.15) is 12.5 Å². The summed E-state index contributed by atoms with van der Waals surface area (Å²) in [6.07, 6.45) is 3.37. The maximum atomic E-state index is 10.7. The molecule has 0 aliphatic rings. The zero-order valence-electron chi connectivity index (χ0n) is 8.60. The van der Waals surface area contributed by atoms with Crippen molar-refractivity contribution in [1.82, 2.24) is 4.90 Å². The van der Waals surface area contributed by atoms with Gasteiger partial charge in [0, 0.05) is 19.8 Å². The molecule has 2 nitrogen and oxygen atoms in total. The number of rotatable bonds is 4. The van der Waals surface area contributed by atoms with Crippen molar-refractivity contribution >= 4 is 5.78 Å². The van der Waals surface area contributed by atoms with Gasteiger partial charge in [-0.25, -0.2) is 0 Å². The van der Waals surface area contributed by atoms with Crippen LogP contribution < -0.4 is 0 Å². The highest BCUT2D eigenvalue weighted by molar-refractivity contribution is 5.87. The minimum Gasteiger partial charge on any atom is -0.376 e. The molecule has 0 heterocycles. The number of allylic oxidation sites excluding steroid dienone is 1. The number of nitrogens with zero attached hydrogens (tertiary/aromatic N) is 1. The number of carbonyl (C=O) groups is 1. The van der Waals surface area contributed by atoms with Crippen LogP contribution in [-0.4, -0.2) is 17.7 Å². The van der Waals surface area contributed by atoms with E-state index >= 15 is 0 Å². The Hall–Kier alpha value is -1.57. The number of carbonyl (C=O) groups excluding carboxylic acids is 1. The maximum absolute atomic E-state index is 10.7. The van der Waals surface area contributed by atoms with Crippen molar-refractivity contribution in [2.75, 3.05) is 7.05 Å². The van der Waals surface area contributed by atoms with Crippen molar-refractivity contribution in [3.63, 3.8) is 0 Å². The largest absolute Gasteiger partial charge is 0.376 e. The average molecular weight is 189 g/mol. The van der Waals surface area contributed by atoms with Crippen LogP contribution >= 0.6 is 0 Å². The minimum absolute atomic E-state index is 0.0740. The van der Waals surface area contributed by atoms with Crippen LogP contribution in [0.3, 0.4) is 0 Å². The quantitative estimate of drug-likeness (QED) is 0.677. The molecule has 0 aliphatic carbocycles. The Morgan fingerprint density at radius 3 is 2.57 bits per heavy atom. The second-order valence-electron chi connectivity index (χ2n) is 3.33. The van der Waals surface area contributed by atoms with Crippen molar-refractivity contribution in [2.45, 2.75) is 13.5 Å². The molecule has 14 heavy (non-hydrogen) atoms. The van der Waals surface area contributed by atoms with Crippen LogP contribution in [-0.2, 0) is 11.3 Å². The molecular formula is C12H15NO. The summed E-state index contributed by atoms with van der Waals surface area (Å²) < 4.78 is 0. The summed E-state index contributed by atoms with van der Waals surface area (Å²) in [5.74, 6) is 0.0740. The molecule has 0 aromatic heterocycles. The van der Waals surface area contributed by atoms with Crippen LogP contribution in [0.25, 0.3) is 0 Å². The fraction of sp³-hybridized carbons (Fsp3) is 0.250. The van der Waals surface area contributed by atoms with Crippen molar-refractivity contribution in [1.29, 1.82) is 0 Å². The molecule has 2 heteroatoms. The third-order valence-electron chi connectivity index (χ3n) is 1.84. The molecule has 0 unspecified atom stereocenters. The smallest absolute Gasteiger partial charge is 0.154 e. The molecule has 0 saturated carbocycles. The van der Waals surface area contributed by atoms with Gasteiger partial charge in [0.25, 0.3) is 0 Å². The molecule has 0 amide bonds. The van der Waals surface area contributed by atoms with Crippen molar-refractivity contribution in [3.05, 3.63) is 48.2 Å². The van der Waals surface area contributed by atoms with Gasteiger partial charge >= 0.3 is 0 Å². The minimum atomic E-state index is 0.0740. The Morgan fingerprint density at radius 1 is 1.36 bits per heavy atom. The molecule has 0 N–H and O–H groups in total. The van der Waals surface area contributed by atoms with Gasteiger partial charge < -0.3 is 4.90 Å². The van der Waals surface area contributed by atoms with E-state index in [2.05, 4.69) is 12.1 Å². The lowest BCUT2D eigenvalue weighted by molar-refractivity contribution is -0.112. The van der Waals surface area contributed by atoms with Gasteiger partial charge in [0.15, 0.2) is 5.78 Å². The van der Waals surface area contributed by atoms with Gasteiger partial charge in [-0.05, 0) is 18.6 Å². The predicted molar refractivity (Wildman–Crippen MR) is 57.7 cm³/mol. The number of hydrogen-bond acceptors (Lipinski definition) is 2. The van der Waals surface area contributed by atoms with E-state index in [1.54, 1.807) is 19.2 Å². The highest BCUT2D eigenvalue weighted by Gasteiger charge is 1.93. The van der Waals surface area contributed by atoms with Crippen LogP contribution in [0.5, 0.6) is 0 Å². The zero-order valence-corrected chi connectivity index (χ0v) is 8.60. The Kier molecular flexibility index (Phi) is 3.92. The van der Waals surface area contributed by atoms with E-state index in [1.165, 1.54) is 5.56 Å². The van der Waals surface area contributed by atoms with Gasteiger partial charge in [0.2, 0.25) is 0 Å². The Balaban J connectivity index is 2.49. The van der Waals surface area contributed by atoms with E-state index in [0.717, 1.165) is 6.54 Å². The van der Waals surface area contributed by atoms with Crippen molar-refractivity contribution in [3.8, 4) is 0 Å². The number of ketones is 1.